The number of benzene rings is 2. The molecule has 5 rings (SSSR count). The minimum Gasteiger partial charge on any atom is -0.467 e. The van der Waals surface area contributed by atoms with E-state index in [1.165, 1.54) is 11.8 Å². The zero-order chi connectivity index (χ0) is 21.0. The van der Waals surface area contributed by atoms with Gasteiger partial charge in [-0.1, -0.05) is 36.4 Å². The topological polar surface area (TPSA) is 50.7 Å². The van der Waals surface area contributed by atoms with Gasteiger partial charge in [-0.25, -0.2) is 4.99 Å². The van der Waals surface area contributed by atoms with Gasteiger partial charge in [0.25, 0.3) is 5.91 Å². The SMILES string of the molecule is O=C1C(=Cc2cccn2-c2ccccc2)SC(=Nc2ccccc2)N1Cc1ccco1. The first-order valence-corrected chi connectivity index (χ1v) is 10.7. The smallest absolute Gasteiger partial charge is 0.267 e. The molecule has 0 saturated carbocycles. The molecule has 1 fully saturated rings. The largest absolute Gasteiger partial charge is 0.467 e. The Hall–Kier alpha value is -3.77. The third-order valence-corrected chi connectivity index (χ3v) is 5.86. The van der Waals surface area contributed by atoms with E-state index < -0.39 is 0 Å². The van der Waals surface area contributed by atoms with Gasteiger partial charge in [0.15, 0.2) is 5.17 Å². The number of nitrogens with zero attached hydrogens (tertiary/aromatic N) is 3. The van der Waals surface area contributed by atoms with Crippen molar-refractivity contribution in [3.05, 3.63) is 114 Å². The average Bonchev–Trinajstić information content (AvgIpc) is 3.54. The number of carbonyl (C=O) groups excluding carboxylic acids is 1. The molecule has 0 bridgehead atoms. The summed E-state index contributed by atoms with van der Waals surface area (Å²) in [5.74, 6) is 0.625. The second-order valence-electron chi connectivity index (χ2n) is 6.95. The molecule has 1 aliphatic rings. The molecule has 152 valence electrons. The van der Waals surface area contributed by atoms with Crippen molar-refractivity contribution in [2.45, 2.75) is 6.54 Å². The molecule has 0 atom stereocenters. The van der Waals surface area contributed by atoms with Crippen LogP contribution < -0.4 is 0 Å². The summed E-state index contributed by atoms with van der Waals surface area (Å²) in [6, 6.07) is 27.4. The van der Waals surface area contributed by atoms with E-state index in [4.69, 9.17) is 9.41 Å². The van der Waals surface area contributed by atoms with E-state index in [0.29, 0.717) is 22.4 Å². The Kier molecular flexibility index (Phi) is 5.29. The molecule has 1 saturated heterocycles. The van der Waals surface area contributed by atoms with Gasteiger partial charge in [-0.15, -0.1) is 0 Å². The Morgan fingerprint density at radius 3 is 2.42 bits per heavy atom. The van der Waals surface area contributed by atoms with Gasteiger partial charge in [-0.05, 0) is 66.4 Å². The fourth-order valence-electron chi connectivity index (χ4n) is 3.37. The van der Waals surface area contributed by atoms with Crippen molar-refractivity contribution in [2.75, 3.05) is 0 Å². The first kappa shape index (κ1) is 19.2. The first-order valence-electron chi connectivity index (χ1n) is 9.88. The summed E-state index contributed by atoms with van der Waals surface area (Å²) < 4.78 is 7.54. The molecule has 31 heavy (non-hydrogen) atoms. The number of thioether (sulfide) groups is 1. The zero-order valence-corrected chi connectivity index (χ0v) is 17.4. The van der Waals surface area contributed by atoms with Crippen LogP contribution in [-0.2, 0) is 11.3 Å². The Balaban J connectivity index is 1.51. The normalized spacial score (nSPS) is 16.5. The maximum absolute atomic E-state index is 13.3. The molecule has 4 aromatic rings. The summed E-state index contributed by atoms with van der Waals surface area (Å²) >= 11 is 1.38. The molecule has 0 spiro atoms. The summed E-state index contributed by atoms with van der Waals surface area (Å²) in [7, 11) is 0. The number of para-hydroxylation sites is 2. The highest BCUT2D eigenvalue weighted by molar-refractivity contribution is 8.18. The quantitative estimate of drug-likeness (QED) is 0.376. The molecule has 3 heterocycles. The number of hydrogen-bond donors (Lipinski definition) is 0. The van der Waals surface area contributed by atoms with E-state index in [1.807, 2.05) is 97.2 Å². The van der Waals surface area contributed by atoms with Gasteiger partial charge in [0.05, 0.1) is 23.4 Å². The van der Waals surface area contributed by atoms with Gasteiger partial charge >= 0.3 is 0 Å². The van der Waals surface area contributed by atoms with Crippen LogP contribution in [0.2, 0.25) is 0 Å². The molecule has 2 aromatic carbocycles. The third-order valence-electron chi connectivity index (χ3n) is 4.86. The van der Waals surface area contributed by atoms with Gasteiger partial charge in [0.2, 0.25) is 0 Å². The Morgan fingerprint density at radius 2 is 1.68 bits per heavy atom. The van der Waals surface area contributed by atoms with Crippen molar-refractivity contribution >= 4 is 34.6 Å². The van der Waals surface area contributed by atoms with E-state index in [1.54, 1.807) is 11.2 Å². The molecule has 6 heteroatoms. The number of amides is 1. The molecular weight excluding hydrogens is 406 g/mol. The lowest BCUT2D eigenvalue weighted by atomic mass is 10.3. The molecule has 0 unspecified atom stereocenters. The summed E-state index contributed by atoms with van der Waals surface area (Å²) in [4.78, 5) is 20.3. The van der Waals surface area contributed by atoms with Crippen LogP contribution in [0.25, 0.3) is 11.8 Å². The van der Waals surface area contributed by atoms with Gasteiger partial charge in [0, 0.05) is 17.6 Å². The highest BCUT2D eigenvalue weighted by atomic mass is 32.2. The lowest BCUT2D eigenvalue weighted by Gasteiger charge is -2.13. The van der Waals surface area contributed by atoms with E-state index >= 15 is 0 Å². The number of aromatic nitrogens is 1. The van der Waals surface area contributed by atoms with Crippen LogP contribution in [0.15, 0.2) is 112 Å². The first-order chi connectivity index (χ1) is 15.3. The molecule has 5 nitrogen and oxygen atoms in total. The van der Waals surface area contributed by atoms with Crippen molar-refractivity contribution in [1.29, 1.82) is 0 Å². The highest BCUT2D eigenvalue weighted by Crippen LogP contribution is 2.35. The van der Waals surface area contributed by atoms with E-state index in [9.17, 15) is 4.79 Å². The number of rotatable bonds is 5. The summed E-state index contributed by atoms with van der Waals surface area (Å²) in [6.07, 6.45) is 5.52. The van der Waals surface area contributed by atoms with Gasteiger partial charge in [-0.3, -0.25) is 9.69 Å². The van der Waals surface area contributed by atoms with Crippen LogP contribution >= 0.6 is 11.8 Å². The predicted molar refractivity (Wildman–Crippen MR) is 124 cm³/mol. The Labute approximate surface area is 184 Å². The van der Waals surface area contributed by atoms with E-state index in [2.05, 4.69) is 4.57 Å². The van der Waals surface area contributed by atoms with Crippen LogP contribution in [0, 0.1) is 0 Å². The molecule has 1 amide bonds. The van der Waals surface area contributed by atoms with E-state index in [0.717, 1.165) is 17.1 Å². The molecule has 0 aliphatic carbocycles. The van der Waals surface area contributed by atoms with Gasteiger partial charge < -0.3 is 8.98 Å². The number of furan rings is 1. The van der Waals surface area contributed by atoms with Crippen LogP contribution in [0.1, 0.15) is 11.5 Å². The number of amidine groups is 1. The average molecular weight is 426 g/mol. The molecule has 2 aromatic heterocycles. The predicted octanol–water partition coefficient (Wildman–Crippen LogP) is 5.87. The van der Waals surface area contributed by atoms with Crippen LogP contribution in [0.5, 0.6) is 0 Å². The van der Waals surface area contributed by atoms with Crippen LogP contribution in [0.4, 0.5) is 5.69 Å². The summed E-state index contributed by atoms with van der Waals surface area (Å²) in [5, 5.41) is 0.636. The monoisotopic (exact) mass is 425 g/mol. The minimum absolute atomic E-state index is 0.0862. The Bertz CT molecular complexity index is 1240. The molecule has 0 N–H and O–H groups in total. The third kappa shape index (κ3) is 4.11. The van der Waals surface area contributed by atoms with Crippen molar-refractivity contribution in [1.82, 2.24) is 9.47 Å². The van der Waals surface area contributed by atoms with Gasteiger partial charge in [-0.2, -0.15) is 0 Å². The highest BCUT2D eigenvalue weighted by Gasteiger charge is 2.34. The lowest BCUT2D eigenvalue weighted by molar-refractivity contribution is -0.122. The number of carbonyl (C=O) groups is 1. The number of aliphatic imine (C=N–C) groups is 1. The standard InChI is InChI=1S/C25H19N3O2S/c29-24-23(17-21-13-7-15-27(21)20-11-5-2-6-12-20)31-25(26-19-9-3-1-4-10-19)28(24)18-22-14-8-16-30-22/h1-17H,18H2. The number of hydrogen-bond acceptors (Lipinski definition) is 4. The van der Waals surface area contributed by atoms with E-state index in [-0.39, 0.29) is 5.91 Å². The van der Waals surface area contributed by atoms with Crippen LogP contribution in [-0.4, -0.2) is 20.5 Å². The lowest BCUT2D eigenvalue weighted by Crippen LogP contribution is -2.28. The Morgan fingerprint density at radius 1 is 0.903 bits per heavy atom. The summed E-state index contributed by atoms with van der Waals surface area (Å²) in [6.45, 7) is 0.335. The zero-order valence-electron chi connectivity index (χ0n) is 16.6. The second-order valence-corrected chi connectivity index (χ2v) is 7.96. The maximum atomic E-state index is 13.3. The van der Waals surface area contributed by atoms with Gasteiger partial charge in [0.1, 0.15) is 5.76 Å². The summed E-state index contributed by atoms with van der Waals surface area (Å²) in [5.41, 5.74) is 2.78. The fraction of sp³-hybridized carbons (Fsp3) is 0.0400. The maximum Gasteiger partial charge on any atom is 0.267 e. The minimum atomic E-state index is -0.0862. The second kappa shape index (κ2) is 8.53. The fourth-order valence-corrected chi connectivity index (χ4v) is 4.35. The molecule has 0 radical (unpaired) electrons. The van der Waals surface area contributed by atoms with Crippen molar-refractivity contribution in [2.24, 2.45) is 4.99 Å². The van der Waals surface area contributed by atoms with Crippen molar-refractivity contribution < 1.29 is 9.21 Å². The molecular formula is C25H19N3O2S. The van der Waals surface area contributed by atoms with Crippen LogP contribution in [0.3, 0.4) is 0 Å². The van der Waals surface area contributed by atoms with Crippen molar-refractivity contribution in [3.8, 4) is 5.69 Å². The molecule has 1 aliphatic heterocycles. The van der Waals surface area contributed by atoms with Crippen molar-refractivity contribution in [3.63, 3.8) is 0 Å².